The van der Waals surface area contributed by atoms with Crippen LogP contribution in [-0.4, -0.2) is 24.3 Å². The second kappa shape index (κ2) is 5.87. The van der Waals surface area contributed by atoms with Crippen molar-refractivity contribution in [3.63, 3.8) is 0 Å². The summed E-state index contributed by atoms with van der Waals surface area (Å²) >= 11 is 0. The maximum absolute atomic E-state index is 11.8. The molecular formula is C15H17N3O3. The molecule has 2 aromatic rings. The minimum absolute atomic E-state index is 0.268. The quantitative estimate of drug-likeness (QED) is 0.908. The Morgan fingerprint density at radius 1 is 1.43 bits per heavy atom. The molecule has 0 saturated heterocycles. The van der Waals surface area contributed by atoms with Crippen LogP contribution in [-0.2, 0) is 6.42 Å². The van der Waals surface area contributed by atoms with E-state index in [1.807, 2.05) is 18.2 Å². The number of nitrogens with zero attached hydrogens (tertiary/aromatic N) is 1. The highest BCUT2D eigenvalue weighted by atomic mass is 16.5. The summed E-state index contributed by atoms with van der Waals surface area (Å²) in [5.74, 6) is 2.28. The van der Waals surface area contributed by atoms with Gasteiger partial charge in [0.15, 0.2) is 5.82 Å². The van der Waals surface area contributed by atoms with Crippen molar-refractivity contribution in [1.82, 2.24) is 10.5 Å². The summed E-state index contributed by atoms with van der Waals surface area (Å²) in [6.07, 6.45) is 0.902. The molecular weight excluding hydrogens is 270 g/mol. The number of aromatic nitrogens is 1. The van der Waals surface area contributed by atoms with E-state index in [-0.39, 0.29) is 11.9 Å². The van der Waals surface area contributed by atoms with E-state index in [0.29, 0.717) is 24.7 Å². The lowest BCUT2D eigenvalue weighted by atomic mass is 9.97. The van der Waals surface area contributed by atoms with Crippen LogP contribution in [0.15, 0.2) is 34.9 Å². The van der Waals surface area contributed by atoms with Crippen LogP contribution in [0.4, 0.5) is 10.6 Å². The first-order valence-electron chi connectivity index (χ1n) is 6.89. The van der Waals surface area contributed by atoms with E-state index >= 15 is 0 Å². The first-order chi connectivity index (χ1) is 10.2. The number of hydrogen-bond donors (Lipinski definition) is 2. The van der Waals surface area contributed by atoms with Crippen LogP contribution in [0.25, 0.3) is 0 Å². The van der Waals surface area contributed by atoms with Gasteiger partial charge in [-0.3, -0.25) is 5.32 Å². The first-order valence-corrected chi connectivity index (χ1v) is 6.89. The SMILES string of the molecule is Cc1cc(NC(=O)NC[C@@H]2COc3ccccc3C2)no1. The van der Waals surface area contributed by atoms with Gasteiger partial charge in [0.05, 0.1) is 6.61 Å². The Balaban J connectivity index is 1.49. The first kappa shape index (κ1) is 13.5. The predicted octanol–water partition coefficient (Wildman–Crippen LogP) is 2.36. The fourth-order valence-corrected chi connectivity index (χ4v) is 2.34. The third kappa shape index (κ3) is 3.34. The topological polar surface area (TPSA) is 76.4 Å². The summed E-state index contributed by atoms with van der Waals surface area (Å²) in [6.45, 7) is 2.93. The zero-order chi connectivity index (χ0) is 14.7. The lowest BCUT2D eigenvalue weighted by Gasteiger charge is -2.25. The van der Waals surface area contributed by atoms with Gasteiger partial charge in [-0.05, 0) is 25.0 Å². The normalized spacial score (nSPS) is 16.7. The van der Waals surface area contributed by atoms with Gasteiger partial charge in [0.1, 0.15) is 11.5 Å². The third-order valence-corrected chi connectivity index (χ3v) is 3.38. The second-order valence-corrected chi connectivity index (χ2v) is 5.15. The van der Waals surface area contributed by atoms with E-state index in [2.05, 4.69) is 21.9 Å². The molecule has 1 atom stereocenters. The van der Waals surface area contributed by atoms with Crippen LogP contribution in [0.5, 0.6) is 5.75 Å². The second-order valence-electron chi connectivity index (χ2n) is 5.15. The monoisotopic (exact) mass is 287 g/mol. The molecule has 0 fully saturated rings. The predicted molar refractivity (Wildman–Crippen MR) is 77.4 cm³/mol. The summed E-state index contributed by atoms with van der Waals surface area (Å²) < 4.78 is 10.6. The van der Waals surface area contributed by atoms with Gasteiger partial charge in [-0.1, -0.05) is 23.4 Å². The number of benzene rings is 1. The fourth-order valence-electron chi connectivity index (χ4n) is 2.34. The Morgan fingerprint density at radius 3 is 3.10 bits per heavy atom. The summed E-state index contributed by atoms with van der Waals surface area (Å²) in [7, 11) is 0. The number of hydrogen-bond acceptors (Lipinski definition) is 4. The summed E-state index contributed by atoms with van der Waals surface area (Å²) in [6, 6.07) is 9.36. The molecule has 0 radical (unpaired) electrons. The van der Waals surface area contributed by atoms with E-state index in [0.717, 1.165) is 12.2 Å². The largest absolute Gasteiger partial charge is 0.493 e. The van der Waals surface area contributed by atoms with Crippen molar-refractivity contribution in [2.75, 3.05) is 18.5 Å². The maximum atomic E-state index is 11.8. The Hall–Kier alpha value is -2.50. The van der Waals surface area contributed by atoms with Crippen molar-refractivity contribution in [1.29, 1.82) is 0 Å². The molecule has 6 nitrogen and oxygen atoms in total. The number of anilines is 1. The highest BCUT2D eigenvalue weighted by Crippen LogP contribution is 2.26. The maximum Gasteiger partial charge on any atom is 0.320 e. The van der Waals surface area contributed by atoms with Crippen LogP contribution >= 0.6 is 0 Å². The number of fused-ring (bicyclic) bond motifs is 1. The molecule has 21 heavy (non-hydrogen) atoms. The van der Waals surface area contributed by atoms with Crippen LogP contribution in [0.3, 0.4) is 0 Å². The van der Waals surface area contributed by atoms with Gasteiger partial charge in [-0.2, -0.15) is 0 Å². The molecule has 2 N–H and O–H groups in total. The molecule has 6 heteroatoms. The molecule has 0 saturated carbocycles. The van der Waals surface area contributed by atoms with Crippen molar-refractivity contribution < 1.29 is 14.1 Å². The van der Waals surface area contributed by atoms with Crippen molar-refractivity contribution in [2.45, 2.75) is 13.3 Å². The van der Waals surface area contributed by atoms with Gasteiger partial charge in [0.2, 0.25) is 0 Å². The zero-order valence-corrected chi connectivity index (χ0v) is 11.8. The molecule has 0 bridgehead atoms. The number of carbonyl (C=O) groups is 1. The number of urea groups is 1. The average Bonchev–Trinajstić information content (AvgIpc) is 2.90. The lowest BCUT2D eigenvalue weighted by Crippen LogP contribution is -2.37. The van der Waals surface area contributed by atoms with Crippen molar-refractivity contribution >= 4 is 11.8 Å². The number of carbonyl (C=O) groups excluding carboxylic acids is 1. The van der Waals surface area contributed by atoms with Gasteiger partial charge in [0, 0.05) is 18.5 Å². The van der Waals surface area contributed by atoms with Gasteiger partial charge >= 0.3 is 6.03 Å². The van der Waals surface area contributed by atoms with E-state index < -0.39 is 0 Å². The molecule has 1 aromatic heterocycles. The number of para-hydroxylation sites is 1. The van der Waals surface area contributed by atoms with E-state index in [1.54, 1.807) is 13.0 Å². The molecule has 0 spiro atoms. The zero-order valence-electron chi connectivity index (χ0n) is 11.8. The highest BCUT2D eigenvalue weighted by Gasteiger charge is 2.20. The summed E-state index contributed by atoms with van der Waals surface area (Å²) in [5.41, 5.74) is 1.18. The Kier molecular flexibility index (Phi) is 3.77. The van der Waals surface area contributed by atoms with Crippen LogP contribution in [0.1, 0.15) is 11.3 Å². The Morgan fingerprint density at radius 2 is 2.29 bits per heavy atom. The average molecular weight is 287 g/mol. The highest BCUT2D eigenvalue weighted by molar-refractivity contribution is 5.88. The van der Waals surface area contributed by atoms with Crippen LogP contribution in [0, 0.1) is 12.8 Å². The smallest absolute Gasteiger partial charge is 0.320 e. The molecule has 1 aliphatic rings. The van der Waals surface area contributed by atoms with Crippen LogP contribution < -0.4 is 15.4 Å². The van der Waals surface area contributed by atoms with Crippen molar-refractivity contribution in [3.8, 4) is 5.75 Å². The van der Waals surface area contributed by atoms with Crippen molar-refractivity contribution in [3.05, 3.63) is 41.7 Å². The molecule has 2 amide bonds. The number of amides is 2. The van der Waals surface area contributed by atoms with Gasteiger partial charge in [-0.25, -0.2) is 4.79 Å². The van der Waals surface area contributed by atoms with Gasteiger partial charge in [0.25, 0.3) is 0 Å². The number of rotatable bonds is 3. The summed E-state index contributed by atoms with van der Waals surface area (Å²) in [5, 5.41) is 9.16. The fraction of sp³-hybridized carbons (Fsp3) is 0.333. The molecule has 0 unspecified atom stereocenters. The lowest BCUT2D eigenvalue weighted by molar-refractivity contribution is 0.215. The Bertz CT molecular complexity index is 639. The molecule has 1 aliphatic heterocycles. The van der Waals surface area contributed by atoms with Gasteiger partial charge in [-0.15, -0.1) is 0 Å². The molecule has 3 rings (SSSR count). The molecule has 0 aliphatic carbocycles. The summed E-state index contributed by atoms with van der Waals surface area (Å²) in [4.78, 5) is 11.8. The molecule has 110 valence electrons. The number of ether oxygens (including phenoxy) is 1. The standard InChI is InChI=1S/C15H17N3O3/c1-10-6-14(18-21-10)17-15(19)16-8-11-7-12-4-2-3-5-13(12)20-9-11/h2-6,11H,7-9H2,1H3,(H2,16,17,18,19)/t11-/m1/s1. The van der Waals surface area contributed by atoms with Crippen molar-refractivity contribution in [2.24, 2.45) is 5.92 Å². The molecule has 2 heterocycles. The minimum atomic E-state index is -0.290. The number of nitrogens with one attached hydrogen (secondary N) is 2. The minimum Gasteiger partial charge on any atom is -0.493 e. The Labute approximate surface area is 122 Å². The number of aryl methyl sites for hydroxylation is 1. The van der Waals surface area contributed by atoms with Crippen LogP contribution in [0.2, 0.25) is 0 Å². The van der Waals surface area contributed by atoms with E-state index in [1.165, 1.54) is 5.56 Å². The van der Waals surface area contributed by atoms with Gasteiger partial charge < -0.3 is 14.6 Å². The van der Waals surface area contributed by atoms with E-state index in [9.17, 15) is 4.79 Å². The molecule has 1 aromatic carbocycles. The van der Waals surface area contributed by atoms with E-state index in [4.69, 9.17) is 9.26 Å². The third-order valence-electron chi connectivity index (χ3n) is 3.38.